The van der Waals surface area contributed by atoms with Crippen LogP contribution < -0.4 is 20.1 Å². The molecule has 0 aromatic heterocycles. The SMILES string of the molecule is COc1cc(Nc2c(C(=O)OC(=N)CCC(=O)OC(=O)c3ccc(F)c(F)c3Nc3ccc(Cl)c(OC)c3)ccc(F)c2F)ccc1Cl. The molecule has 0 heterocycles. The van der Waals surface area contributed by atoms with Crippen molar-refractivity contribution in [3.8, 4) is 11.5 Å². The number of hydrogen-bond acceptors (Lipinski definition) is 10. The number of methoxy groups -OCH3 is 2. The maximum atomic E-state index is 14.8. The fraction of sp³-hybridized carbons (Fsp3) is 0.125. The summed E-state index contributed by atoms with van der Waals surface area (Å²) in [5.74, 6) is -9.70. The molecule has 0 spiro atoms. The molecule has 4 aromatic rings. The van der Waals surface area contributed by atoms with E-state index in [9.17, 15) is 31.9 Å². The third-order valence-electron chi connectivity index (χ3n) is 6.45. The lowest BCUT2D eigenvalue weighted by Crippen LogP contribution is -2.18. The molecule has 0 fully saturated rings. The highest BCUT2D eigenvalue weighted by Crippen LogP contribution is 2.34. The summed E-state index contributed by atoms with van der Waals surface area (Å²) < 4.78 is 77.5. The van der Waals surface area contributed by atoms with E-state index in [-0.39, 0.29) is 32.9 Å². The Morgan fingerprint density at radius 2 is 1.10 bits per heavy atom. The Morgan fingerprint density at radius 1 is 0.667 bits per heavy atom. The van der Waals surface area contributed by atoms with Crippen molar-refractivity contribution in [3.05, 3.63) is 105 Å². The minimum absolute atomic E-state index is 0.156. The summed E-state index contributed by atoms with van der Waals surface area (Å²) in [7, 11) is 2.67. The number of carbonyl (C=O) groups excluding carboxylic acids is 3. The van der Waals surface area contributed by atoms with Crippen LogP contribution in [0, 0.1) is 28.7 Å². The first-order chi connectivity index (χ1) is 22.8. The number of halogens is 6. The molecule has 0 saturated carbocycles. The number of hydrogen-bond donors (Lipinski definition) is 3. The first kappa shape index (κ1) is 35.5. The average molecular weight is 708 g/mol. The van der Waals surface area contributed by atoms with Crippen LogP contribution in [0.15, 0.2) is 60.7 Å². The lowest BCUT2D eigenvalue weighted by molar-refractivity contribution is -0.137. The van der Waals surface area contributed by atoms with Crippen LogP contribution in [0.25, 0.3) is 0 Å². The van der Waals surface area contributed by atoms with Gasteiger partial charge < -0.3 is 29.6 Å². The Bertz CT molecular complexity index is 1790. The van der Waals surface area contributed by atoms with E-state index in [1.165, 1.54) is 50.6 Å². The second kappa shape index (κ2) is 15.5. The molecule has 10 nitrogen and oxygen atoms in total. The number of benzene rings is 4. The number of carbonyl (C=O) groups is 3. The first-order valence-corrected chi connectivity index (χ1v) is 14.3. The smallest absolute Gasteiger partial charge is 0.348 e. The van der Waals surface area contributed by atoms with Gasteiger partial charge in [-0.05, 0) is 48.5 Å². The van der Waals surface area contributed by atoms with Crippen LogP contribution in [0.3, 0.4) is 0 Å². The lowest BCUT2D eigenvalue weighted by Gasteiger charge is -2.15. The molecule has 48 heavy (non-hydrogen) atoms. The van der Waals surface area contributed by atoms with E-state index < -0.39 is 82.4 Å². The molecule has 0 saturated heterocycles. The van der Waals surface area contributed by atoms with E-state index in [0.29, 0.717) is 12.1 Å². The zero-order chi connectivity index (χ0) is 35.1. The minimum atomic E-state index is -1.44. The van der Waals surface area contributed by atoms with Crippen LogP contribution >= 0.6 is 23.2 Å². The number of anilines is 4. The van der Waals surface area contributed by atoms with Gasteiger partial charge in [0.2, 0.25) is 0 Å². The van der Waals surface area contributed by atoms with E-state index in [2.05, 4.69) is 10.6 Å². The monoisotopic (exact) mass is 707 g/mol. The predicted molar refractivity (Wildman–Crippen MR) is 168 cm³/mol. The molecule has 0 amide bonds. The van der Waals surface area contributed by atoms with E-state index in [0.717, 1.165) is 12.1 Å². The molecule has 0 atom stereocenters. The molecule has 0 aliphatic rings. The quantitative estimate of drug-likeness (QED) is 0.0462. The molecular weight excluding hydrogens is 685 g/mol. The van der Waals surface area contributed by atoms with Crippen LogP contribution in [0.2, 0.25) is 10.0 Å². The maximum absolute atomic E-state index is 14.8. The van der Waals surface area contributed by atoms with Crippen molar-refractivity contribution in [1.82, 2.24) is 0 Å². The van der Waals surface area contributed by atoms with Crippen molar-refractivity contribution in [2.45, 2.75) is 12.8 Å². The highest BCUT2D eigenvalue weighted by Gasteiger charge is 2.25. The highest BCUT2D eigenvalue weighted by molar-refractivity contribution is 6.32. The molecule has 250 valence electrons. The van der Waals surface area contributed by atoms with Crippen LogP contribution in [0.4, 0.5) is 40.3 Å². The van der Waals surface area contributed by atoms with E-state index in [4.69, 9.17) is 47.6 Å². The van der Waals surface area contributed by atoms with E-state index in [1.54, 1.807) is 0 Å². The van der Waals surface area contributed by atoms with Crippen LogP contribution in [-0.2, 0) is 14.3 Å². The second-order valence-electron chi connectivity index (χ2n) is 9.59. The lowest BCUT2D eigenvalue weighted by atomic mass is 10.1. The van der Waals surface area contributed by atoms with Crippen LogP contribution in [0.5, 0.6) is 11.5 Å². The van der Waals surface area contributed by atoms with E-state index >= 15 is 0 Å². The van der Waals surface area contributed by atoms with Crippen molar-refractivity contribution >= 4 is 69.8 Å². The molecule has 3 N–H and O–H groups in total. The highest BCUT2D eigenvalue weighted by atomic mass is 35.5. The fourth-order valence-corrected chi connectivity index (χ4v) is 4.48. The zero-order valence-corrected chi connectivity index (χ0v) is 26.3. The van der Waals surface area contributed by atoms with Gasteiger partial charge in [-0.3, -0.25) is 10.2 Å². The molecule has 16 heteroatoms. The van der Waals surface area contributed by atoms with Gasteiger partial charge in [0.05, 0.1) is 53.2 Å². The summed E-state index contributed by atoms with van der Waals surface area (Å²) in [5.41, 5.74) is -1.98. The van der Waals surface area contributed by atoms with Gasteiger partial charge in [0.25, 0.3) is 0 Å². The van der Waals surface area contributed by atoms with Gasteiger partial charge in [-0.25, -0.2) is 27.2 Å². The van der Waals surface area contributed by atoms with Gasteiger partial charge >= 0.3 is 17.9 Å². The largest absolute Gasteiger partial charge is 0.495 e. The molecule has 4 aromatic carbocycles. The Hall–Kier alpha value is -5.34. The van der Waals surface area contributed by atoms with Crippen molar-refractivity contribution in [1.29, 1.82) is 5.41 Å². The topological polar surface area (TPSA) is 136 Å². The Morgan fingerprint density at radius 3 is 1.54 bits per heavy atom. The van der Waals surface area contributed by atoms with Gasteiger partial charge in [0.15, 0.2) is 29.2 Å². The summed E-state index contributed by atoms with van der Waals surface area (Å²) in [6.07, 6.45) is -1.25. The molecule has 0 unspecified atom stereocenters. The van der Waals surface area contributed by atoms with Crippen molar-refractivity contribution < 1.29 is 50.9 Å². The number of ether oxygens (including phenoxy) is 4. The molecule has 0 aliphatic carbocycles. The standard InChI is InChI=1S/C32H23Cl2F4N3O7/c1-45-23-13-15(3-7-19(23)33)40-29-17(5-9-21(35)27(29)37)31(43)47-25(39)11-12-26(42)48-32(44)18-6-10-22(36)28(38)30(18)41-16-4-8-20(34)24(14-16)46-2/h3-10,13-14,39-41H,11-12H2,1-2H3. The fourth-order valence-electron chi connectivity index (χ4n) is 4.09. The summed E-state index contributed by atoms with van der Waals surface area (Å²) >= 11 is 12.0. The Kier molecular flexibility index (Phi) is 11.5. The van der Waals surface area contributed by atoms with Crippen molar-refractivity contribution in [2.75, 3.05) is 24.9 Å². The average Bonchev–Trinajstić information content (AvgIpc) is 3.06. The summed E-state index contributed by atoms with van der Waals surface area (Å²) in [4.78, 5) is 38.0. The van der Waals surface area contributed by atoms with Gasteiger partial charge in [-0.1, -0.05) is 23.2 Å². The normalized spacial score (nSPS) is 10.6. The Balaban J connectivity index is 1.41. The van der Waals surface area contributed by atoms with Gasteiger partial charge in [0, 0.05) is 29.9 Å². The molecule has 4 rings (SSSR count). The summed E-state index contributed by atoms with van der Waals surface area (Å²) in [6, 6.07) is 11.5. The van der Waals surface area contributed by atoms with Crippen LogP contribution in [-0.4, -0.2) is 38.0 Å². The number of esters is 3. The van der Waals surface area contributed by atoms with Crippen molar-refractivity contribution in [2.24, 2.45) is 0 Å². The van der Waals surface area contributed by atoms with Gasteiger partial charge in [-0.2, -0.15) is 0 Å². The predicted octanol–water partition coefficient (Wildman–Crippen LogP) is 8.35. The minimum Gasteiger partial charge on any atom is -0.495 e. The van der Waals surface area contributed by atoms with E-state index in [1.807, 2.05) is 0 Å². The maximum Gasteiger partial charge on any atom is 0.348 e. The number of rotatable bonds is 11. The zero-order valence-electron chi connectivity index (χ0n) is 24.8. The third-order valence-corrected chi connectivity index (χ3v) is 7.07. The first-order valence-electron chi connectivity index (χ1n) is 13.5. The molecule has 0 aliphatic heterocycles. The summed E-state index contributed by atoms with van der Waals surface area (Å²) in [6.45, 7) is 0. The van der Waals surface area contributed by atoms with Gasteiger partial charge in [-0.15, -0.1) is 0 Å². The Labute approximate surface area is 280 Å². The molecule has 0 radical (unpaired) electrons. The van der Waals surface area contributed by atoms with Gasteiger partial charge in [0.1, 0.15) is 11.5 Å². The number of nitrogens with one attached hydrogen (secondary N) is 3. The third kappa shape index (κ3) is 8.32. The van der Waals surface area contributed by atoms with Crippen molar-refractivity contribution in [3.63, 3.8) is 0 Å². The summed E-state index contributed by atoms with van der Waals surface area (Å²) in [5, 5.41) is 13.5. The molecular formula is C32H23Cl2F4N3O7. The second-order valence-corrected chi connectivity index (χ2v) is 10.4. The molecule has 0 bridgehead atoms. The van der Waals surface area contributed by atoms with Crippen LogP contribution in [0.1, 0.15) is 33.6 Å².